The molecule has 1 amide bonds. The van der Waals surface area contributed by atoms with Gasteiger partial charge in [0.2, 0.25) is 0 Å². The summed E-state index contributed by atoms with van der Waals surface area (Å²) >= 11 is 5.62. The Bertz CT molecular complexity index is 548. The van der Waals surface area contributed by atoms with Crippen molar-refractivity contribution in [2.24, 2.45) is 17.8 Å². The molecule has 6 nitrogen and oxygen atoms in total. The van der Waals surface area contributed by atoms with Crippen molar-refractivity contribution >= 4 is 23.5 Å². The molecule has 20 heavy (non-hydrogen) atoms. The number of halogens is 1. The van der Waals surface area contributed by atoms with Crippen molar-refractivity contribution in [1.82, 2.24) is 15.3 Å². The molecule has 0 aromatic carbocycles. The van der Waals surface area contributed by atoms with Gasteiger partial charge in [-0.25, -0.2) is 9.97 Å². The van der Waals surface area contributed by atoms with Crippen LogP contribution in [0.2, 0.25) is 5.15 Å². The predicted molar refractivity (Wildman–Crippen MR) is 70.3 cm³/mol. The molecule has 2 aliphatic carbocycles. The van der Waals surface area contributed by atoms with Gasteiger partial charge in [-0.15, -0.1) is 0 Å². The van der Waals surface area contributed by atoms with Gasteiger partial charge < -0.3 is 10.4 Å². The first-order valence-corrected chi connectivity index (χ1v) is 6.95. The van der Waals surface area contributed by atoms with Crippen molar-refractivity contribution in [2.45, 2.75) is 25.3 Å². The molecule has 1 aromatic heterocycles. The van der Waals surface area contributed by atoms with E-state index in [9.17, 15) is 14.7 Å². The normalized spacial score (nSPS) is 31.2. The molecule has 2 fully saturated rings. The van der Waals surface area contributed by atoms with Crippen LogP contribution in [-0.2, 0) is 4.79 Å². The minimum atomic E-state index is -0.829. The molecule has 2 aliphatic rings. The monoisotopic (exact) mass is 295 g/mol. The topological polar surface area (TPSA) is 92.2 Å². The molecule has 4 unspecified atom stereocenters. The van der Waals surface area contributed by atoms with E-state index < -0.39 is 17.8 Å². The van der Waals surface area contributed by atoms with E-state index in [2.05, 4.69) is 15.3 Å². The SMILES string of the molecule is O=C(NC1C2CCC(C2)C1C(=O)O)c1cnc(Cl)cn1. The van der Waals surface area contributed by atoms with Crippen LogP contribution in [-0.4, -0.2) is 33.0 Å². The van der Waals surface area contributed by atoms with Gasteiger partial charge in [-0.1, -0.05) is 11.6 Å². The van der Waals surface area contributed by atoms with E-state index in [1.807, 2.05) is 0 Å². The van der Waals surface area contributed by atoms with Crippen LogP contribution in [0.5, 0.6) is 0 Å². The molecule has 0 spiro atoms. The zero-order valence-corrected chi connectivity index (χ0v) is 11.4. The Morgan fingerprint density at radius 1 is 1.25 bits per heavy atom. The lowest BCUT2D eigenvalue weighted by atomic mass is 9.84. The van der Waals surface area contributed by atoms with Crippen LogP contribution in [0.1, 0.15) is 29.8 Å². The molecule has 3 rings (SSSR count). The number of nitrogens with one attached hydrogen (secondary N) is 1. The van der Waals surface area contributed by atoms with Gasteiger partial charge in [0, 0.05) is 6.04 Å². The van der Waals surface area contributed by atoms with Crippen LogP contribution >= 0.6 is 11.6 Å². The van der Waals surface area contributed by atoms with Crippen molar-refractivity contribution in [2.75, 3.05) is 0 Å². The maximum absolute atomic E-state index is 12.1. The van der Waals surface area contributed by atoms with Gasteiger partial charge in [0.15, 0.2) is 0 Å². The third kappa shape index (κ3) is 2.24. The lowest BCUT2D eigenvalue weighted by molar-refractivity contribution is -0.144. The summed E-state index contributed by atoms with van der Waals surface area (Å²) in [4.78, 5) is 31.2. The van der Waals surface area contributed by atoms with Gasteiger partial charge in [0.1, 0.15) is 10.8 Å². The second kappa shape index (κ2) is 5.01. The first-order chi connectivity index (χ1) is 9.56. The summed E-state index contributed by atoms with van der Waals surface area (Å²) < 4.78 is 0. The average molecular weight is 296 g/mol. The number of hydrogen-bond donors (Lipinski definition) is 2. The van der Waals surface area contributed by atoms with E-state index in [1.165, 1.54) is 12.4 Å². The van der Waals surface area contributed by atoms with Gasteiger partial charge in [-0.3, -0.25) is 9.59 Å². The zero-order valence-electron chi connectivity index (χ0n) is 10.6. The molecule has 1 aromatic rings. The number of carbonyl (C=O) groups is 2. The first-order valence-electron chi connectivity index (χ1n) is 6.57. The van der Waals surface area contributed by atoms with Gasteiger partial charge in [0.25, 0.3) is 5.91 Å². The molecule has 4 atom stereocenters. The van der Waals surface area contributed by atoms with Crippen LogP contribution in [0.4, 0.5) is 0 Å². The quantitative estimate of drug-likeness (QED) is 0.878. The van der Waals surface area contributed by atoms with Gasteiger partial charge in [-0.05, 0) is 31.1 Å². The number of aliphatic carboxylic acids is 1. The van der Waals surface area contributed by atoms with Crippen LogP contribution in [0.25, 0.3) is 0 Å². The van der Waals surface area contributed by atoms with Gasteiger partial charge in [-0.2, -0.15) is 0 Å². The smallest absolute Gasteiger partial charge is 0.308 e. The van der Waals surface area contributed by atoms with E-state index in [0.717, 1.165) is 19.3 Å². The second-order valence-corrected chi connectivity index (χ2v) is 5.81. The van der Waals surface area contributed by atoms with Crippen LogP contribution in [0.3, 0.4) is 0 Å². The number of amides is 1. The number of nitrogens with zero attached hydrogens (tertiary/aromatic N) is 2. The van der Waals surface area contributed by atoms with Crippen molar-refractivity contribution in [1.29, 1.82) is 0 Å². The van der Waals surface area contributed by atoms with Crippen LogP contribution in [0.15, 0.2) is 12.4 Å². The third-order valence-corrected chi connectivity index (χ3v) is 4.55. The van der Waals surface area contributed by atoms with Crippen molar-refractivity contribution in [3.8, 4) is 0 Å². The minimum Gasteiger partial charge on any atom is -0.481 e. The Balaban J connectivity index is 1.75. The fraction of sp³-hybridized carbons (Fsp3) is 0.538. The summed E-state index contributed by atoms with van der Waals surface area (Å²) in [6, 6.07) is -0.309. The minimum absolute atomic E-state index is 0.154. The van der Waals surface area contributed by atoms with Crippen LogP contribution in [0, 0.1) is 17.8 Å². The fourth-order valence-electron chi connectivity index (χ4n) is 3.51. The second-order valence-electron chi connectivity index (χ2n) is 5.42. The standard InChI is InChI=1S/C13H14ClN3O3/c14-9-5-15-8(4-16-9)12(18)17-11-7-2-1-6(3-7)10(11)13(19)20/h4-7,10-11H,1-3H2,(H,17,18)(H,19,20). The molecule has 2 N–H and O–H groups in total. The Kier molecular flexibility index (Phi) is 3.33. The van der Waals surface area contributed by atoms with E-state index in [4.69, 9.17) is 11.6 Å². The van der Waals surface area contributed by atoms with Gasteiger partial charge >= 0.3 is 5.97 Å². The van der Waals surface area contributed by atoms with Crippen molar-refractivity contribution in [3.63, 3.8) is 0 Å². The number of carboxylic acids is 1. The number of hydrogen-bond acceptors (Lipinski definition) is 4. The third-order valence-electron chi connectivity index (χ3n) is 4.35. The molecule has 0 saturated heterocycles. The predicted octanol–water partition coefficient (Wildman–Crippen LogP) is 1.36. The van der Waals surface area contributed by atoms with E-state index in [-0.39, 0.29) is 28.7 Å². The van der Waals surface area contributed by atoms with Gasteiger partial charge in [0.05, 0.1) is 18.3 Å². The van der Waals surface area contributed by atoms with Crippen LogP contribution < -0.4 is 5.32 Å². The highest BCUT2D eigenvalue weighted by Gasteiger charge is 2.51. The number of aromatic nitrogens is 2. The maximum Gasteiger partial charge on any atom is 0.308 e. The molecule has 0 aliphatic heterocycles. The van der Waals surface area contributed by atoms with E-state index >= 15 is 0 Å². The summed E-state index contributed by atoms with van der Waals surface area (Å²) in [6.45, 7) is 0. The highest BCUT2D eigenvalue weighted by atomic mass is 35.5. The highest BCUT2D eigenvalue weighted by molar-refractivity contribution is 6.29. The molecule has 7 heteroatoms. The Morgan fingerprint density at radius 3 is 2.65 bits per heavy atom. The number of carbonyl (C=O) groups excluding carboxylic acids is 1. The number of rotatable bonds is 3. The summed E-state index contributed by atoms with van der Waals surface area (Å²) in [5.41, 5.74) is 0.154. The van der Waals surface area contributed by atoms with E-state index in [0.29, 0.717) is 0 Å². The Labute approximate surface area is 120 Å². The summed E-state index contributed by atoms with van der Waals surface area (Å²) in [5, 5.41) is 12.4. The molecule has 106 valence electrons. The molecule has 2 bridgehead atoms. The summed E-state index contributed by atoms with van der Waals surface area (Å²) in [6.07, 6.45) is 5.39. The average Bonchev–Trinajstić information content (AvgIpc) is 3.00. The zero-order chi connectivity index (χ0) is 14.3. The van der Waals surface area contributed by atoms with E-state index in [1.54, 1.807) is 0 Å². The number of carboxylic acid groups (broad SMARTS) is 1. The van der Waals surface area contributed by atoms with Crippen molar-refractivity contribution in [3.05, 3.63) is 23.2 Å². The number of fused-ring (bicyclic) bond motifs is 2. The maximum atomic E-state index is 12.1. The lowest BCUT2D eigenvalue weighted by Gasteiger charge is -2.28. The molecule has 1 heterocycles. The molecule has 2 saturated carbocycles. The van der Waals surface area contributed by atoms with Crippen molar-refractivity contribution < 1.29 is 14.7 Å². The fourth-order valence-corrected chi connectivity index (χ4v) is 3.61. The Hall–Kier alpha value is -1.69. The highest BCUT2D eigenvalue weighted by Crippen LogP contribution is 2.48. The molecular formula is C13H14ClN3O3. The largest absolute Gasteiger partial charge is 0.481 e. The molecular weight excluding hydrogens is 282 g/mol. The molecule has 0 radical (unpaired) electrons. The lowest BCUT2D eigenvalue weighted by Crippen LogP contribution is -2.47. The first kappa shape index (κ1) is 13.3. The summed E-state index contributed by atoms with van der Waals surface area (Å²) in [7, 11) is 0. The summed E-state index contributed by atoms with van der Waals surface area (Å²) in [5.74, 6) is -1.27. The Morgan fingerprint density at radius 2 is 2.00 bits per heavy atom.